The van der Waals surface area contributed by atoms with Crippen LogP contribution in [0.1, 0.15) is 68.7 Å². The average Bonchev–Trinajstić information content (AvgIpc) is 2.55. The van der Waals surface area contributed by atoms with Gasteiger partial charge in [-0.1, -0.05) is 0 Å². The highest BCUT2D eigenvalue weighted by atomic mass is 16.8. The Bertz CT molecular complexity index is 569. The first-order valence-electron chi connectivity index (χ1n) is 10.9. The van der Waals surface area contributed by atoms with E-state index in [1.165, 1.54) is 0 Å². The van der Waals surface area contributed by atoms with E-state index in [-0.39, 0.29) is 12.7 Å². The molecule has 10 heteroatoms. The second-order valence-electron chi connectivity index (χ2n) is 10.4. The summed E-state index contributed by atoms with van der Waals surface area (Å²) in [5, 5.41) is 8.75. The summed E-state index contributed by atoms with van der Waals surface area (Å²) in [5.41, 5.74) is -1.82. The molecule has 188 valence electrons. The SMILES string of the molecule is CC(C)(C)OC(=O)N1CCN(CCCO)CC1.CC(C)(C)OC(=O)OC(=O)OC(C)(C)C. The Balaban J connectivity index is 0.000000607. The van der Waals surface area contributed by atoms with Gasteiger partial charge in [-0.3, -0.25) is 4.90 Å². The van der Waals surface area contributed by atoms with Gasteiger partial charge in [-0.2, -0.15) is 0 Å². The third kappa shape index (κ3) is 16.6. The highest BCUT2D eigenvalue weighted by molar-refractivity contribution is 5.77. The maximum Gasteiger partial charge on any atom is 0.519 e. The summed E-state index contributed by atoms with van der Waals surface area (Å²) in [4.78, 5) is 37.8. The average molecular weight is 463 g/mol. The molecule has 1 aliphatic heterocycles. The fourth-order valence-corrected chi connectivity index (χ4v) is 2.38. The smallest absolute Gasteiger partial charge is 0.444 e. The van der Waals surface area contributed by atoms with Crippen molar-refractivity contribution in [1.82, 2.24) is 9.80 Å². The number of piperazine rings is 1. The highest BCUT2D eigenvalue weighted by Gasteiger charge is 2.26. The lowest BCUT2D eigenvalue weighted by atomic mass is 10.2. The van der Waals surface area contributed by atoms with E-state index in [2.05, 4.69) is 9.64 Å². The van der Waals surface area contributed by atoms with Crippen LogP contribution in [0.4, 0.5) is 14.4 Å². The van der Waals surface area contributed by atoms with Crippen LogP contribution < -0.4 is 0 Å². The molecule has 0 aliphatic carbocycles. The van der Waals surface area contributed by atoms with Crippen LogP contribution in [0.2, 0.25) is 0 Å². The second-order valence-corrected chi connectivity index (χ2v) is 10.4. The Kier molecular flexibility index (Phi) is 12.0. The number of aliphatic hydroxyl groups excluding tert-OH is 1. The number of carbonyl (C=O) groups excluding carboxylic acids is 3. The van der Waals surface area contributed by atoms with Crippen molar-refractivity contribution in [2.24, 2.45) is 0 Å². The third-order valence-corrected chi connectivity index (χ3v) is 3.60. The topological polar surface area (TPSA) is 115 Å². The largest absolute Gasteiger partial charge is 0.519 e. The molecule has 0 saturated carbocycles. The van der Waals surface area contributed by atoms with Gasteiger partial charge in [0.25, 0.3) is 0 Å². The molecule has 1 N–H and O–H groups in total. The summed E-state index contributed by atoms with van der Waals surface area (Å²) >= 11 is 0. The van der Waals surface area contributed by atoms with Crippen LogP contribution in [0, 0.1) is 0 Å². The van der Waals surface area contributed by atoms with E-state index in [1.54, 1.807) is 46.4 Å². The molecule has 0 unspecified atom stereocenters. The summed E-state index contributed by atoms with van der Waals surface area (Å²) in [7, 11) is 0. The van der Waals surface area contributed by atoms with Gasteiger partial charge in [-0.25, -0.2) is 14.4 Å². The van der Waals surface area contributed by atoms with Crippen molar-refractivity contribution in [2.45, 2.75) is 85.5 Å². The van der Waals surface area contributed by atoms with Crippen molar-refractivity contribution in [3.8, 4) is 0 Å². The van der Waals surface area contributed by atoms with Gasteiger partial charge in [-0.15, -0.1) is 0 Å². The molecule has 0 radical (unpaired) electrons. The second kappa shape index (κ2) is 12.8. The Morgan fingerprint density at radius 3 is 1.47 bits per heavy atom. The predicted molar refractivity (Wildman–Crippen MR) is 120 cm³/mol. The zero-order valence-corrected chi connectivity index (χ0v) is 21.1. The number of aliphatic hydroxyl groups is 1. The van der Waals surface area contributed by atoms with Gasteiger partial charge in [0.05, 0.1) is 0 Å². The molecule has 0 aromatic rings. The minimum Gasteiger partial charge on any atom is -0.444 e. The van der Waals surface area contributed by atoms with E-state index in [0.29, 0.717) is 13.1 Å². The van der Waals surface area contributed by atoms with Crippen LogP contribution >= 0.6 is 0 Å². The van der Waals surface area contributed by atoms with Gasteiger partial charge in [0.1, 0.15) is 16.8 Å². The van der Waals surface area contributed by atoms with E-state index in [0.717, 1.165) is 26.1 Å². The molecular weight excluding hydrogens is 420 g/mol. The van der Waals surface area contributed by atoms with E-state index in [9.17, 15) is 14.4 Å². The number of hydrogen-bond donors (Lipinski definition) is 1. The molecule has 1 saturated heterocycles. The monoisotopic (exact) mass is 462 g/mol. The number of rotatable bonds is 3. The van der Waals surface area contributed by atoms with Gasteiger partial charge >= 0.3 is 18.4 Å². The van der Waals surface area contributed by atoms with Crippen LogP contribution in [-0.2, 0) is 18.9 Å². The summed E-state index contributed by atoms with van der Waals surface area (Å²) in [6, 6.07) is 0. The Morgan fingerprint density at radius 2 is 1.12 bits per heavy atom. The molecule has 1 fully saturated rings. The van der Waals surface area contributed by atoms with Crippen LogP contribution in [0.3, 0.4) is 0 Å². The fourth-order valence-electron chi connectivity index (χ4n) is 2.38. The van der Waals surface area contributed by atoms with Crippen LogP contribution in [0.15, 0.2) is 0 Å². The van der Waals surface area contributed by atoms with Crippen molar-refractivity contribution in [1.29, 1.82) is 0 Å². The number of amides is 1. The third-order valence-electron chi connectivity index (χ3n) is 3.60. The van der Waals surface area contributed by atoms with Gasteiger partial charge in [-0.05, 0) is 68.7 Å². The molecule has 0 atom stereocenters. The van der Waals surface area contributed by atoms with Gasteiger partial charge in [0.15, 0.2) is 0 Å². The van der Waals surface area contributed by atoms with Gasteiger partial charge in [0.2, 0.25) is 0 Å². The maximum absolute atomic E-state index is 11.8. The summed E-state index contributed by atoms with van der Waals surface area (Å²) in [6.45, 7) is 19.9. The summed E-state index contributed by atoms with van der Waals surface area (Å²) in [6.07, 6.45) is -1.54. The first-order valence-corrected chi connectivity index (χ1v) is 10.9. The first kappa shape index (κ1) is 29.9. The molecule has 1 heterocycles. The summed E-state index contributed by atoms with van der Waals surface area (Å²) < 4.78 is 19.1. The zero-order valence-electron chi connectivity index (χ0n) is 21.1. The van der Waals surface area contributed by atoms with Crippen molar-refractivity contribution in [2.75, 3.05) is 39.3 Å². The molecule has 0 bridgehead atoms. The molecule has 0 aromatic heterocycles. The molecule has 32 heavy (non-hydrogen) atoms. The Hall–Kier alpha value is -2.07. The molecule has 1 rings (SSSR count). The fraction of sp³-hybridized carbons (Fsp3) is 0.864. The molecule has 1 aliphatic rings. The first-order chi connectivity index (χ1) is 14.4. The van der Waals surface area contributed by atoms with Crippen molar-refractivity contribution >= 4 is 18.4 Å². The Labute approximate surface area is 192 Å². The Morgan fingerprint density at radius 1 is 0.719 bits per heavy atom. The molecule has 10 nitrogen and oxygen atoms in total. The lowest BCUT2D eigenvalue weighted by molar-refractivity contribution is -0.0294. The normalized spacial score (nSPS) is 15.2. The molecular formula is C22H42N2O8. The van der Waals surface area contributed by atoms with Crippen LogP contribution in [0.25, 0.3) is 0 Å². The number of nitrogens with zero attached hydrogens (tertiary/aromatic N) is 2. The number of ether oxygens (including phenoxy) is 4. The molecule has 0 spiro atoms. The predicted octanol–water partition coefficient (Wildman–Crippen LogP) is 3.79. The van der Waals surface area contributed by atoms with Crippen molar-refractivity contribution in [3.05, 3.63) is 0 Å². The highest BCUT2D eigenvalue weighted by Crippen LogP contribution is 2.13. The molecule has 1 amide bonds. The maximum atomic E-state index is 11.8. The molecule has 0 aromatic carbocycles. The minimum atomic E-state index is -1.06. The van der Waals surface area contributed by atoms with E-state index < -0.39 is 29.1 Å². The summed E-state index contributed by atoms with van der Waals surface area (Å²) in [5.74, 6) is 0. The van der Waals surface area contributed by atoms with Crippen molar-refractivity contribution < 1.29 is 38.4 Å². The zero-order chi connectivity index (χ0) is 25.2. The van der Waals surface area contributed by atoms with Crippen LogP contribution in [-0.4, -0.2) is 89.4 Å². The van der Waals surface area contributed by atoms with E-state index in [4.69, 9.17) is 19.3 Å². The lowest BCUT2D eigenvalue weighted by Crippen LogP contribution is -2.50. The van der Waals surface area contributed by atoms with E-state index in [1.807, 2.05) is 20.8 Å². The van der Waals surface area contributed by atoms with Crippen LogP contribution in [0.5, 0.6) is 0 Å². The standard InChI is InChI=1S/C12H24N2O3.C10H18O5/c1-12(2,3)17-11(16)14-8-6-13(7-9-14)5-4-10-15;1-9(2,3)14-7(11)13-8(12)15-10(4,5)6/h15H,4-10H2,1-3H3;1-6H3. The minimum absolute atomic E-state index is 0.223. The van der Waals surface area contributed by atoms with Gasteiger partial charge in [0, 0.05) is 39.3 Å². The quantitative estimate of drug-likeness (QED) is 0.380. The number of carbonyl (C=O) groups is 3. The number of hydrogen-bond acceptors (Lipinski definition) is 9. The van der Waals surface area contributed by atoms with Crippen molar-refractivity contribution in [3.63, 3.8) is 0 Å². The van der Waals surface area contributed by atoms with Gasteiger partial charge < -0.3 is 29.0 Å². The lowest BCUT2D eigenvalue weighted by Gasteiger charge is -2.35. The van der Waals surface area contributed by atoms with E-state index >= 15 is 0 Å².